The van der Waals surface area contributed by atoms with Crippen LogP contribution in [0.2, 0.25) is 0 Å². The molecule has 0 spiro atoms. The van der Waals surface area contributed by atoms with E-state index in [-0.39, 0.29) is 28.5 Å². The van der Waals surface area contributed by atoms with E-state index in [1.54, 1.807) is 24.3 Å². The second kappa shape index (κ2) is 11.8. The number of amides is 3. The lowest BCUT2D eigenvalue weighted by molar-refractivity contribution is -0.384. The number of allylic oxidation sites excluding steroid dienone is 2. The molecule has 3 amide bonds. The van der Waals surface area contributed by atoms with Crippen LogP contribution in [-0.4, -0.2) is 51.0 Å². The Morgan fingerprint density at radius 1 is 0.907 bits per heavy atom. The van der Waals surface area contributed by atoms with Gasteiger partial charge in [0.25, 0.3) is 23.4 Å². The third kappa shape index (κ3) is 5.82. The molecule has 3 atom stereocenters. The minimum Gasteiger partial charge on any atom is -0.423 e. The molecule has 0 bridgehead atoms. The van der Waals surface area contributed by atoms with Crippen LogP contribution in [0.15, 0.2) is 84.9 Å². The molecule has 11 nitrogen and oxygen atoms in total. The molecule has 218 valence electrons. The fourth-order valence-electron chi connectivity index (χ4n) is 5.27. The van der Waals surface area contributed by atoms with Gasteiger partial charge in [-0.05, 0) is 67.8 Å². The number of benzene rings is 3. The highest BCUT2D eigenvalue weighted by molar-refractivity contribution is 6.10. The van der Waals surface area contributed by atoms with Gasteiger partial charge in [-0.3, -0.25) is 29.3 Å². The van der Waals surface area contributed by atoms with Gasteiger partial charge in [0.05, 0.1) is 22.3 Å². The highest BCUT2D eigenvalue weighted by Crippen LogP contribution is 2.39. The zero-order valence-electron chi connectivity index (χ0n) is 23.3. The van der Waals surface area contributed by atoms with Crippen LogP contribution < -0.4 is 4.74 Å². The zero-order chi connectivity index (χ0) is 30.8. The number of nitro groups is 1. The van der Waals surface area contributed by atoms with Crippen LogP contribution in [0.4, 0.5) is 5.69 Å². The highest BCUT2D eigenvalue weighted by Gasteiger charge is 2.53. The Morgan fingerprint density at radius 2 is 1.51 bits per heavy atom. The molecule has 2 aliphatic rings. The van der Waals surface area contributed by atoms with E-state index >= 15 is 0 Å². The Hall–Kier alpha value is -5.45. The standard InChI is InChI=1S/C32H27N3O8/c1-19-6-8-23(9-7-19)32(40)43-25-16-12-21(13-17-25)27(36)18-33(29(37)22-10-14-24(15-11-22)35(41)42)34-30(38)26-5-3-4-20(2)28(26)31(34)39/h3-4,6-17,20,26,28H,5,18H2,1-2H3/t20-,26+,28+/m0/s1. The van der Waals surface area contributed by atoms with Gasteiger partial charge in [0.15, 0.2) is 5.78 Å². The van der Waals surface area contributed by atoms with Gasteiger partial charge in [0.2, 0.25) is 0 Å². The summed E-state index contributed by atoms with van der Waals surface area (Å²) >= 11 is 0. The summed E-state index contributed by atoms with van der Waals surface area (Å²) in [5.41, 5.74) is 1.20. The van der Waals surface area contributed by atoms with Gasteiger partial charge in [0, 0.05) is 23.3 Å². The normalized spacial score (nSPS) is 19.1. The van der Waals surface area contributed by atoms with Crippen molar-refractivity contribution in [2.45, 2.75) is 20.3 Å². The molecular weight excluding hydrogens is 554 g/mol. The SMILES string of the molecule is Cc1ccc(C(=O)Oc2ccc(C(=O)CN(C(=O)c3ccc([N+](=O)[O-])cc3)N3C(=O)[C@@H]4[C@@H](C)C=CC[C@H]4C3=O)cc2)cc1. The maximum atomic E-state index is 13.7. The lowest BCUT2D eigenvalue weighted by atomic mass is 9.78. The van der Waals surface area contributed by atoms with Crippen molar-refractivity contribution < 1.29 is 33.6 Å². The molecule has 1 fully saturated rings. The monoisotopic (exact) mass is 581 g/mol. The van der Waals surface area contributed by atoms with Crippen LogP contribution >= 0.6 is 0 Å². The van der Waals surface area contributed by atoms with Crippen LogP contribution in [-0.2, 0) is 9.59 Å². The third-order valence-electron chi connectivity index (χ3n) is 7.62. The number of nitrogens with zero attached hydrogens (tertiary/aromatic N) is 3. The summed E-state index contributed by atoms with van der Waals surface area (Å²) in [6, 6.07) is 17.2. The summed E-state index contributed by atoms with van der Waals surface area (Å²) in [4.78, 5) is 77.0. The third-order valence-corrected chi connectivity index (χ3v) is 7.62. The number of hydrogen-bond acceptors (Lipinski definition) is 8. The Morgan fingerprint density at radius 3 is 2.12 bits per heavy atom. The molecule has 0 saturated carbocycles. The fraction of sp³-hybridized carbons (Fsp3) is 0.219. The van der Waals surface area contributed by atoms with E-state index in [1.807, 2.05) is 26.0 Å². The van der Waals surface area contributed by atoms with Gasteiger partial charge < -0.3 is 4.74 Å². The smallest absolute Gasteiger partial charge is 0.343 e. The number of carbonyl (C=O) groups excluding carboxylic acids is 5. The molecule has 0 radical (unpaired) electrons. The first-order valence-electron chi connectivity index (χ1n) is 13.6. The molecule has 1 heterocycles. The number of ketones is 1. The fourth-order valence-corrected chi connectivity index (χ4v) is 5.27. The minimum absolute atomic E-state index is 0.0431. The predicted molar refractivity (Wildman–Crippen MR) is 153 cm³/mol. The molecule has 0 N–H and O–H groups in total. The van der Waals surface area contributed by atoms with Gasteiger partial charge in [-0.15, -0.1) is 0 Å². The average Bonchev–Trinajstić information content (AvgIpc) is 3.26. The van der Waals surface area contributed by atoms with Gasteiger partial charge in [-0.25, -0.2) is 9.80 Å². The van der Waals surface area contributed by atoms with Gasteiger partial charge in [0.1, 0.15) is 12.3 Å². The number of rotatable bonds is 8. The van der Waals surface area contributed by atoms with Crippen LogP contribution in [0.25, 0.3) is 0 Å². The van der Waals surface area contributed by atoms with E-state index in [2.05, 4.69) is 0 Å². The molecule has 43 heavy (non-hydrogen) atoms. The van der Waals surface area contributed by atoms with Crippen molar-refractivity contribution in [3.8, 4) is 5.75 Å². The number of aryl methyl sites for hydroxylation is 1. The van der Waals surface area contributed by atoms with E-state index in [9.17, 15) is 34.1 Å². The van der Waals surface area contributed by atoms with Crippen LogP contribution in [0.5, 0.6) is 5.75 Å². The predicted octanol–water partition coefficient (Wildman–Crippen LogP) is 4.56. The number of non-ortho nitro benzene ring substituents is 1. The molecule has 3 aromatic rings. The summed E-state index contributed by atoms with van der Waals surface area (Å²) in [6.07, 6.45) is 3.99. The van der Waals surface area contributed by atoms with Crippen LogP contribution in [0.1, 0.15) is 50.0 Å². The first kappa shape index (κ1) is 29.1. The molecule has 5 rings (SSSR count). The molecule has 1 aliphatic carbocycles. The van der Waals surface area contributed by atoms with E-state index in [0.717, 1.165) is 27.7 Å². The quantitative estimate of drug-likeness (QED) is 0.0716. The first-order valence-corrected chi connectivity index (χ1v) is 13.6. The summed E-state index contributed by atoms with van der Waals surface area (Å²) in [5.74, 6) is -4.59. The molecule has 0 unspecified atom stereocenters. The van der Waals surface area contributed by atoms with Crippen molar-refractivity contribution in [2.75, 3.05) is 6.54 Å². The lowest BCUT2D eigenvalue weighted by Gasteiger charge is -2.30. The minimum atomic E-state index is -0.840. The number of carbonyl (C=O) groups is 5. The molecule has 1 aliphatic heterocycles. The zero-order valence-corrected chi connectivity index (χ0v) is 23.3. The number of nitro benzene ring substituents is 1. The van der Waals surface area contributed by atoms with Crippen molar-refractivity contribution in [3.63, 3.8) is 0 Å². The maximum absolute atomic E-state index is 13.7. The van der Waals surface area contributed by atoms with Crippen LogP contribution in [0, 0.1) is 34.8 Å². The first-order chi connectivity index (χ1) is 20.5. The number of hydrazine groups is 1. The molecule has 11 heteroatoms. The lowest BCUT2D eigenvalue weighted by Crippen LogP contribution is -2.52. The Bertz CT molecular complexity index is 1650. The number of hydrogen-bond donors (Lipinski definition) is 0. The van der Waals surface area contributed by atoms with Crippen molar-refractivity contribution in [1.29, 1.82) is 0 Å². The number of Topliss-reactive ketones (excluding diaryl/α,β-unsaturated/α-hetero) is 1. The average molecular weight is 582 g/mol. The molecular formula is C32H27N3O8. The van der Waals surface area contributed by atoms with Gasteiger partial charge >= 0.3 is 5.97 Å². The number of esters is 1. The summed E-state index contributed by atoms with van der Waals surface area (Å²) < 4.78 is 5.39. The summed E-state index contributed by atoms with van der Waals surface area (Å²) in [6.45, 7) is 3.05. The topological polar surface area (TPSA) is 144 Å². The van der Waals surface area contributed by atoms with E-state index < -0.39 is 52.8 Å². The second-order valence-electron chi connectivity index (χ2n) is 10.5. The van der Waals surface area contributed by atoms with E-state index in [4.69, 9.17) is 4.74 Å². The van der Waals surface area contributed by atoms with Gasteiger partial charge in [-0.2, -0.15) is 5.01 Å². The Labute approximate surface area is 246 Å². The molecule has 0 aromatic heterocycles. The highest BCUT2D eigenvalue weighted by atomic mass is 16.6. The number of ether oxygens (including phenoxy) is 1. The number of imide groups is 1. The largest absolute Gasteiger partial charge is 0.423 e. The van der Waals surface area contributed by atoms with Crippen LogP contribution in [0.3, 0.4) is 0 Å². The van der Waals surface area contributed by atoms with Gasteiger partial charge in [-0.1, -0.05) is 36.8 Å². The maximum Gasteiger partial charge on any atom is 0.343 e. The molecule has 1 saturated heterocycles. The number of fused-ring (bicyclic) bond motifs is 1. The second-order valence-corrected chi connectivity index (χ2v) is 10.5. The van der Waals surface area contributed by atoms with Crippen molar-refractivity contribution in [3.05, 3.63) is 117 Å². The van der Waals surface area contributed by atoms with Crippen molar-refractivity contribution in [1.82, 2.24) is 10.0 Å². The molecule has 3 aromatic carbocycles. The van der Waals surface area contributed by atoms with Crippen molar-refractivity contribution in [2.24, 2.45) is 17.8 Å². The van der Waals surface area contributed by atoms with E-state index in [0.29, 0.717) is 12.0 Å². The van der Waals surface area contributed by atoms with E-state index in [1.165, 1.54) is 36.4 Å². The Kier molecular flexibility index (Phi) is 7.98. The summed E-state index contributed by atoms with van der Waals surface area (Å²) in [5, 5.41) is 12.6. The Balaban J connectivity index is 1.39. The summed E-state index contributed by atoms with van der Waals surface area (Å²) in [7, 11) is 0. The van der Waals surface area contributed by atoms with Crippen molar-refractivity contribution >= 4 is 35.2 Å².